The minimum Gasteiger partial charge on any atom is -0.378 e. The molecule has 21 heavy (non-hydrogen) atoms. The lowest BCUT2D eigenvalue weighted by atomic mass is 10.1. The van der Waals surface area contributed by atoms with Crippen molar-refractivity contribution in [1.29, 1.82) is 0 Å². The van der Waals surface area contributed by atoms with E-state index in [4.69, 9.17) is 4.74 Å². The standard InChI is InChI=1S/C15H26N4O2/c1-12-13(11-18-19-12)3-2-7-17-15(20)6-10-21-14-4-8-16-9-5-14/h11,14,16H,2-10H2,1H3,(H,17,20)(H,18,19). The summed E-state index contributed by atoms with van der Waals surface area (Å²) in [4.78, 5) is 11.7. The first-order chi connectivity index (χ1) is 10.3. The van der Waals surface area contributed by atoms with Crippen LogP contribution in [0, 0.1) is 6.92 Å². The van der Waals surface area contributed by atoms with E-state index < -0.39 is 0 Å². The first-order valence-corrected chi connectivity index (χ1v) is 7.83. The fraction of sp³-hybridized carbons (Fsp3) is 0.733. The number of hydrogen-bond donors (Lipinski definition) is 3. The second-order valence-electron chi connectivity index (χ2n) is 5.54. The molecular formula is C15H26N4O2. The smallest absolute Gasteiger partial charge is 0.222 e. The maximum Gasteiger partial charge on any atom is 0.222 e. The van der Waals surface area contributed by atoms with Gasteiger partial charge >= 0.3 is 0 Å². The molecule has 2 rings (SSSR count). The number of nitrogens with zero attached hydrogens (tertiary/aromatic N) is 1. The zero-order valence-electron chi connectivity index (χ0n) is 12.8. The molecular weight excluding hydrogens is 268 g/mol. The van der Waals surface area contributed by atoms with Crippen LogP contribution in [-0.2, 0) is 16.0 Å². The van der Waals surface area contributed by atoms with Crippen molar-refractivity contribution in [2.45, 2.75) is 45.1 Å². The molecule has 0 aromatic carbocycles. The van der Waals surface area contributed by atoms with Gasteiger partial charge in [0.2, 0.25) is 5.91 Å². The minimum atomic E-state index is 0.0767. The van der Waals surface area contributed by atoms with Gasteiger partial charge in [0.15, 0.2) is 0 Å². The van der Waals surface area contributed by atoms with Crippen LogP contribution in [0.25, 0.3) is 0 Å². The lowest BCUT2D eigenvalue weighted by molar-refractivity contribution is -0.122. The van der Waals surface area contributed by atoms with Crippen LogP contribution in [0.2, 0.25) is 0 Å². The molecule has 1 aliphatic heterocycles. The minimum absolute atomic E-state index is 0.0767. The summed E-state index contributed by atoms with van der Waals surface area (Å²) in [6, 6.07) is 0. The molecule has 0 radical (unpaired) electrons. The summed E-state index contributed by atoms with van der Waals surface area (Å²) in [5.74, 6) is 0.0767. The number of carbonyl (C=O) groups excluding carboxylic acids is 1. The van der Waals surface area contributed by atoms with Crippen LogP contribution in [-0.4, -0.2) is 48.4 Å². The number of H-pyrrole nitrogens is 1. The maximum absolute atomic E-state index is 11.7. The number of hydrogen-bond acceptors (Lipinski definition) is 4. The van der Waals surface area contributed by atoms with Gasteiger partial charge in [-0.05, 0) is 51.3 Å². The van der Waals surface area contributed by atoms with E-state index in [0.29, 0.717) is 25.7 Å². The Hall–Kier alpha value is -1.40. The van der Waals surface area contributed by atoms with Crippen molar-refractivity contribution in [3.63, 3.8) is 0 Å². The quantitative estimate of drug-likeness (QED) is 0.623. The van der Waals surface area contributed by atoms with Crippen molar-refractivity contribution >= 4 is 5.91 Å². The number of rotatable bonds is 8. The van der Waals surface area contributed by atoms with Crippen LogP contribution < -0.4 is 10.6 Å². The van der Waals surface area contributed by atoms with E-state index in [1.807, 2.05) is 13.1 Å². The number of aryl methyl sites for hydroxylation is 2. The Bertz CT molecular complexity index is 427. The Balaban J connectivity index is 1.48. The van der Waals surface area contributed by atoms with Gasteiger partial charge in [-0.15, -0.1) is 0 Å². The first kappa shape index (κ1) is 16.0. The Morgan fingerprint density at radius 2 is 2.29 bits per heavy atom. The number of aromatic amines is 1. The summed E-state index contributed by atoms with van der Waals surface area (Å²) in [6.07, 6.45) is 6.59. The lowest BCUT2D eigenvalue weighted by Crippen LogP contribution is -2.33. The molecule has 3 N–H and O–H groups in total. The fourth-order valence-electron chi connectivity index (χ4n) is 2.50. The van der Waals surface area contributed by atoms with Gasteiger partial charge < -0.3 is 15.4 Å². The SMILES string of the molecule is Cc1[nH]ncc1CCCNC(=O)CCOC1CCNCC1. The van der Waals surface area contributed by atoms with Crippen molar-refractivity contribution < 1.29 is 9.53 Å². The molecule has 118 valence electrons. The molecule has 6 nitrogen and oxygen atoms in total. The Labute approximate surface area is 126 Å². The number of carbonyl (C=O) groups is 1. The molecule has 1 aromatic heterocycles. The summed E-state index contributed by atoms with van der Waals surface area (Å²) >= 11 is 0. The largest absolute Gasteiger partial charge is 0.378 e. The van der Waals surface area contributed by atoms with Crippen molar-refractivity contribution in [3.8, 4) is 0 Å². The van der Waals surface area contributed by atoms with Gasteiger partial charge in [-0.25, -0.2) is 0 Å². The number of piperidine rings is 1. The van der Waals surface area contributed by atoms with Gasteiger partial charge in [-0.3, -0.25) is 9.89 Å². The highest BCUT2D eigenvalue weighted by Crippen LogP contribution is 2.07. The highest BCUT2D eigenvalue weighted by molar-refractivity contribution is 5.75. The van der Waals surface area contributed by atoms with Crippen molar-refractivity contribution in [2.75, 3.05) is 26.2 Å². The molecule has 2 heterocycles. The van der Waals surface area contributed by atoms with Gasteiger partial charge in [-0.1, -0.05) is 0 Å². The highest BCUT2D eigenvalue weighted by Gasteiger charge is 2.13. The van der Waals surface area contributed by atoms with E-state index >= 15 is 0 Å². The van der Waals surface area contributed by atoms with Crippen LogP contribution in [0.15, 0.2) is 6.20 Å². The van der Waals surface area contributed by atoms with Gasteiger partial charge in [0.05, 0.1) is 18.9 Å². The predicted octanol–water partition coefficient (Wildman–Crippen LogP) is 0.926. The van der Waals surface area contributed by atoms with E-state index in [1.54, 1.807) is 0 Å². The van der Waals surface area contributed by atoms with Gasteiger partial charge in [0, 0.05) is 18.7 Å². The number of nitrogens with one attached hydrogen (secondary N) is 3. The first-order valence-electron chi connectivity index (χ1n) is 7.83. The average Bonchev–Trinajstić information content (AvgIpc) is 2.90. The lowest BCUT2D eigenvalue weighted by Gasteiger charge is -2.22. The van der Waals surface area contributed by atoms with Crippen molar-refractivity contribution in [2.24, 2.45) is 0 Å². The second kappa shape index (κ2) is 8.79. The molecule has 0 atom stereocenters. The Kier molecular flexibility index (Phi) is 6.69. The van der Waals surface area contributed by atoms with Crippen LogP contribution in [0.3, 0.4) is 0 Å². The number of aromatic nitrogens is 2. The summed E-state index contributed by atoms with van der Waals surface area (Å²) in [5, 5.41) is 13.1. The molecule has 1 fully saturated rings. The molecule has 1 aromatic rings. The third-order valence-corrected chi connectivity index (χ3v) is 3.85. The molecule has 1 saturated heterocycles. The molecule has 0 spiro atoms. The molecule has 1 aliphatic rings. The van der Waals surface area contributed by atoms with Crippen LogP contribution in [0.5, 0.6) is 0 Å². The monoisotopic (exact) mass is 294 g/mol. The molecule has 6 heteroatoms. The van der Waals surface area contributed by atoms with Crippen LogP contribution in [0.1, 0.15) is 36.9 Å². The van der Waals surface area contributed by atoms with E-state index in [0.717, 1.165) is 44.5 Å². The van der Waals surface area contributed by atoms with E-state index in [9.17, 15) is 4.79 Å². The molecule has 0 aliphatic carbocycles. The normalized spacial score (nSPS) is 16.0. The molecule has 0 bridgehead atoms. The Morgan fingerprint density at radius 3 is 3.00 bits per heavy atom. The zero-order chi connectivity index (χ0) is 14.9. The van der Waals surface area contributed by atoms with Crippen molar-refractivity contribution in [1.82, 2.24) is 20.8 Å². The fourth-order valence-corrected chi connectivity index (χ4v) is 2.50. The van der Waals surface area contributed by atoms with Gasteiger partial charge in [0.1, 0.15) is 0 Å². The summed E-state index contributed by atoms with van der Waals surface area (Å²) in [6.45, 7) is 5.28. The zero-order valence-corrected chi connectivity index (χ0v) is 12.8. The summed E-state index contributed by atoms with van der Waals surface area (Å²) in [7, 11) is 0. The third-order valence-electron chi connectivity index (χ3n) is 3.85. The number of ether oxygens (including phenoxy) is 1. The Morgan fingerprint density at radius 1 is 1.48 bits per heavy atom. The average molecular weight is 294 g/mol. The third kappa shape index (κ3) is 5.85. The maximum atomic E-state index is 11.7. The van der Waals surface area contributed by atoms with Crippen molar-refractivity contribution in [3.05, 3.63) is 17.5 Å². The number of amides is 1. The second-order valence-corrected chi connectivity index (χ2v) is 5.54. The van der Waals surface area contributed by atoms with E-state index in [1.165, 1.54) is 5.56 Å². The van der Waals surface area contributed by atoms with Gasteiger partial charge in [0.25, 0.3) is 0 Å². The highest BCUT2D eigenvalue weighted by atomic mass is 16.5. The van der Waals surface area contributed by atoms with E-state index in [-0.39, 0.29) is 5.91 Å². The van der Waals surface area contributed by atoms with Gasteiger partial charge in [-0.2, -0.15) is 5.10 Å². The summed E-state index contributed by atoms with van der Waals surface area (Å²) < 4.78 is 5.72. The summed E-state index contributed by atoms with van der Waals surface area (Å²) in [5.41, 5.74) is 2.33. The molecule has 0 saturated carbocycles. The van der Waals surface area contributed by atoms with Crippen LogP contribution >= 0.6 is 0 Å². The van der Waals surface area contributed by atoms with E-state index in [2.05, 4.69) is 20.8 Å². The molecule has 0 unspecified atom stereocenters. The molecule has 1 amide bonds. The topological polar surface area (TPSA) is 79.0 Å². The van der Waals surface area contributed by atoms with Crippen LogP contribution in [0.4, 0.5) is 0 Å². The predicted molar refractivity (Wildman–Crippen MR) is 81.1 cm³/mol.